The molecule has 0 spiro atoms. The number of carbonyl (C=O) groups excluding carboxylic acids is 1. The normalized spacial score (nSPS) is 10.2. The van der Waals surface area contributed by atoms with Crippen molar-refractivity contribution in [3.8, 4) is 0 Å². The number of hydrogen-bond acceptors (Lipinski definition) is 2. The molecule has 2 nitrogen and oxygen atoms in total. The van der Waals surface area contributed by atoms with Gasteiger partial charge in [0.2, 0.25) is 0 Å². The van der Waals surface area contributed by atoms with Crippen molar-refractivity contribution in [2.45, 2.75) is 13.3 Å². The average Bonchev–Trinajstić information content (AvgIpc) is 2.29. The van der Waals surface area contributed by atoms with Gasteiger partial charge in [-0.05, 0) is 42.3 Å². The van der Waals surface area contributed by atoms with Crippen LogP contribution in [0.2, 0.25) is 5.02 Å². The van der Waals surface area contributed by atoms with Crippen LogP contribution in [0, 0.1) is 6.92 Å². The third-order valence-electron chi connectivity index (χ3n) is 2.45. The maximum Gasteiger partial charge on any atom is 0.185 e. The summed E-state index contributed by atoms with van der Waals surface area (Å²) < 4.78 is 0. The molecule has 0 unspecified atom stereocenters. The molecule has 0 saturated heterocycles. The Balaban J connectivity index is 2.17. The molecule has 0 aliphatic carbocycles. The molecule has 2 aromatic rings. The topological polar surface area (TPSA) is 30.0 Å². The van der Waals surface area contributed by atoms with E-state index < -0.39 is 0 Å². The van der Waals surface area contributed by atoms with E-state index in [2.05, 4.69) is 4.98 Å². The van der Waals surface area contributed by atoms with Crippen LogP contribution in [0.1, 0.15) is 21.6 Å². The average molecular weight is 246 g/mol. The number of Topliss-reactive ketones (excluding diaryl/α,β-unsaturated/α-hetero) is 1. The Morgan fingerprint density at radius 3 is 2.82 bits per heavy atom. The van der Waals surface area contributed by atoms with Gasteiger partial charge < -0.3 is 0 Å². The van der Waals surface area contributed by atoms with Crippen LogP contribution in [-0.2, 0) is 6.42 Å². The van der Waals surface area contributed by atoms with Crippen LogP contribution >= 0.6 is 11.6 Å². The number of pyridine rings is 1. The summed E-state index contributed by atoms with van der Waals surface area (Å²) in [5.74, 6) is 0.0102. The molecule has 0 aliphatic rings. The SMILES string of the molecule is Cc1ccnc(C(=O)Cc2cccc(Cl)c2)c1. The van der Waals surface area contributed by atoms with Gasteiger partial charge in [0.15, 0.2) is 5.78 Å². The number of ketones is 1. The molecule has 1 heterocycles. The Hall–Kier alpha value is -1.67. The molecule has 2 rings (SSSR count). The second kappa shape index (κ2) is 5.11. The zero-order valence-corrected chi connectivity index (χ0v) is 10.2. The third-order valence-corrected chi connectivity index (χ3v) is 2.69. The predicted octanol–water partition coefficient (Wildman–Crippen LogP) is 3.47. The van der Waals surface area contributed by atoms with Gasteiger partial charge in [0.1, 0.15) is 5.69 Å². The number of aryl methyl sites for hydroxylation is 1. The lowest BCUT2D eigenvalue weighted by atomic mass is 10.1. The third kappa shape index (κ3) is 3.14. The molecule has 17 heavy (non-hydrogen) atoms. The quantitative estimate of drug-likeness (QED) is 0.775. The molecule has 0 atom stereocenters. The first kappa shape index (κ1) is 11.8. The molecule has 3 heteroatoms. The summed E-state index contributed by atoms with van der Waals surface area (Å²) in [6.45, 7) is 1.94. The van der Waals surface area contributed by atoms with Gasteiger partial charge in [0, 0.05) is 17.6 Å². The van der Waals surface area contributed by atoms with E-state index in [9.17, 15) is 4.79 Å². The Kier molecular flexibility index (Phi) is 3.55. The lowest BCUT2D eigenvalue weighted by Crippen LogP contribution is -2.06. The minimum atomic E-state index is 0.0102. The van der Waals surface area contributed by atoms with Crippen molar-refractivity contribution < 1.29 is 4.79 Å². The van der Waals surface area contributed by atoms with E-state index in [1.54, 1.807) is 24.4 Å². The van der Waals surface area contributed by atoms with Crippen LogP contribution in [0.25, 0.3) is 0 Å². The highest BCUT2D eigenvalue weighted by atomic mass is 35.5. The largest absolute Gasteiger partial charge is 0.292 e. The number of benzene rings is 1. The van der Waals surface area contributed by atoms with E-state index in [-0.39, 0.29) is 5.78 Å². The zero-order chi connectivity index (χ0) is 12.3. The highest BCUT2D eigenvalue weighted by molar-refractivity contribution is 6.30. The van der Waals surface area contributed by atoms with Crippen molar-refractivity contribution in [1.82, 2.24) is 4.98 Å². The second-order valence-corrected chi connectivity index (χ2v) is 4.38. The minimum absolute atomic E-state index is 0.0102. The molecule has 0 saturated carbocycles. The lowest BCUT2D eigenvalue weighted by molar-refractivity contribution is 0.0988. The van der Waals surface area contributed by atoms with Crippen LogP contribution < -0.4 is 0 Å². The number of hydrogen-bond donors (Lipinski definition) is 0. The Morgan fingerprint density at radius 2 is 2.12 bits per heavy atom. The van der Waals surface area contributed by atoms with Crippen molar-refractivity contribution in [2.24, 2.45) is 0 Å². The number of rotatable bonds is 3. The van der Waals surface area contributed by atoms with E-state index in [0.29, 0.717) is 17.1 Å². The van der Waals surface area contributed by atoms with Crippen LogP contribution in [0.15, 0.2) is 42.6 Å². The fourth-order valence-electron chi connectivity index (χ4n) is 1.61. The van der Waals surface area contributed by atoms with Crippen molar-refractivity contribution in [3.05, 3.63) is 64.4 Å². The second-order valence-electron chi connectivity index (χ2n) is 3.95. The van der Waals surface area contributed by atoms with Crippen LogP contribution in [0.4, 0.5) is 0 Å². The molecule has 0 aliphatic heterocycles. The number of carbonyl (C=O) groups is 1. The summed E-state index contributed by atoms with van der Waals surface area (Å²) in [7, 11) is 0. The van der Waals surface area contributed by atoms with Gasteiger partial charge in [-0.3, -0.25) is 9.78 Å². The maximum atomic E-state index is 12.0. The summed E-state index contributed by atoms with van der Waals surface area (Å²) in [4.78, 5) is 16.0. The summed E-state index contributed by atoms with van der Waals surface area (Å²) >= 11 is 5.87. The molecular formula is C14H12ClNO. The number of aromatic nitrogens is 1. The summed E-state index contributed by atoms with van der Waals surface area (Å²) in [6.07, 6.45) is 1.98. The molecule has 1 aromatic carbocycles. The van der Waals surface area contributed by atoms with Gasteiger partial charge >= 0.3 is 0 Å². The Bertz CT molecular complexity index is 551. The van der Waals surface area contributed by atoms with Gasteiger partial charge in [-0.25, -0.2) is 0 Å². The van der Waals surface area contributed by atoms with E-state index >= 15 is 0 Å². The van der Waals surface area contributed by atoms with E-state index in [1.807, 2.05) is 25.1 Å². The summed E-state index contributed by atoms with van der Waals surface area (Å²) in [5.41, 5.74) is 2.45. The monoisotopic (exact) mass is 245 g/mol. The lowest BCUT2D eigenvalue weighted by Gasteiger charge is -2.02. The van der Waals surface area contributed by atoms with E-state index in [1.165, 1.54) is 0 Å². The molecule has 1 aromatic heterocycles. The standard InChI is InChI=1S/C14H12ClNO/c1-10-5-6-16-13(7-10)14(17)9-11-3-2-4-12(15)8-11/h2-8H,9H2,1H3. The summed E-state index contributed by atoms with van der Waals surface area (Å²) in [6, 6.07) is 11.0. The van der Waals surface area contributed by atoms with E-state index in [0.717, 1.165) is 11.1 Å². The van der Waals surface area contributed by atoms with Gasteiger partial charge in [-0.1, -0.05) is 23.7 Å². The van der Waals surface area contributed by atoms with Crippen LogP contribution in [0.5, 0.6) is 0 Å². The molecule has 0 amide bonds. The van der Waals surface area contributed by atoms with Crippen molar-refractivity contribution in [1.29, 1.82) is 0 Å². The van der Waals surface area contributed by atoms with Crippen LogP contribution in [-0.4, -0.2) is 10.8 Å². The molecule has 0 bridgehead atoms. The molecule has 86 valence electrons. The maximum absolute atomic E-state index is 12.0. The molecule has 0 radical (unpaired) electrons. The first-order chi connectivity index (χ1) is 8.15. The molecular weight excluding hydrogens is 234 g/mol. The minimum Gasteiger partial charge on any atom is -0.292 e. The van der Waals surface area contributed by atoms with Crippen molar-refractivity contribution >= 4 is 17.4 Å². The number of nitrogens with zero attached hydrogens (tertiary/aromatic N) is 1. The molecule has 0 fully saturated rings. The fraction of sp³-hybridized carbons (Fsp3) is 0.143. The smallest absolute Gasteiger partial charge is 0.185 e. The van der Waals surface area contributed by atoms with Gasteiger partial charge in [0.05, 0.1) is 0 Å². The van der Waals surface area contributed by atoms with E-state index in [4.69, 9.17) is 11.6 Å². The Labute approximate surface area is 105 Å². The fourth-order valence-corrected chi connectivity index (χ4v) is 1.82. The predicted molar refractivity (Wildman–Crippen MR) is 68.5 cm³/mol. The van der Waals surface area contributed by atoms with Gasteiger partial charge in [0.25, 0.3) is 0 Å². The highest BCUT2D eigenvalue weighted by Crippen LogP contribution is 2.13. The van der Waals surface area contributed by atoms with Gasteiger partial charge in [-0.2, -0.15) is 0 Å². The van der Waals surface area contributed by atoms with Crippen molar-refractivity contribution in [2.75, 3.05) is 0 Å². The zero-order valence-electron chi connectivity index (χ0n) is 9.48. The number of halogens is 1. The highest BCUT2D eigenvalue weighted by Gasteiger charge is 2.08. The van der Waals surface area contributed by atoms with Crippen molar-refractivity contribution in [3.63, 3.8) is 0 Å². The van der Waals surface area contributed by atoms with Gasteiger partial charge in [-0.15, -0.1) is 0 Å². The summed E-state index contributed by atoms with van der Waals surface area (Å²) in [5, 5.41) is 0.646. The first-order valence-corrected chi connectivity index (χ1v) is 5.73. The first-order valence-electron chi connectivity index (χ1n) is 5.35. The molecule has 0 N–H and O–H groups in total. The van der Waals surface area contributed by atoms with Crippen LogP contribution in [0.3, 0.4) is 0 Å². The Morgan fingerprint density at radius 1 is 1.29 bits per heavy atom.